The summed E-state index contributed by atoms with van der Waals surface area (Å²) in [5.41, 5.74) is 7.07. The number of hydrogen-bond acceptors (Lipinski definition) is 4. The molecular weight excluding hydrogens is 275 g/mol. The van der Waals surface area contributed by atoms with Crippen molar-refractivity contribution in [3.05, 3.63) is 58.8 Å². The van der Waals surface area contributed by atoms with E-state index in [9.17, 15) is 9.18 Å². The van der Waals surface area contributed by atoms with Gasteiger partial charge in [-0.1, -0.05) is 6.07 Å². The van der Waals surface area contributed by atoms with Gasteiger partial charge in [0, 0.05) is 19.2 Å². The largest absolute Gasteiger partial charge is 0.467 e. The summed E-state index contributed by atoms with van der Waals surface area (Å²) in [7, 11) is 1.50. The topological polar surface area (TPSA) is 77.5 Å². The highest BCUT2D eigenvalue weighted by atomic mass is 19.1. The van der Waals surface area contributed by atoms with E-state index in [1.807, 2.05) is 0 Å². The third kappa shape index (κ3) is 3.90. The number of ether oxygens (including phenoxy) is 1. The number of rotatable bonds is 6. The maximum Gasteiger partial charge on any atom is 0.254 e. The molecule has 0 atom stereocenters. The van der Waals surface area contributed by atoms with Crippen LogP contribution in [0.4, 0.5) is 4.39 Å². The average molecular weight is 292 g/mol. The summed E-state index contributed by atoms with van der Waals surface area (Å²) in [6.07, 6.45) is 1.36. The molecule has 2 rings (SSSR count). The SMILES string of the molecule is COCc1cc(CNC(=O)c2coc(CN)c2)ccc1F. The Bertz CT molecular complexity index is 625. The molecule has 0 aliphatic rings. The van der Waals surface area contributed by atoms with Gasteiger partial charge in [-0.2, -0.15) is 0 Å². The Morgan fingerprint density at radius 1 is 1.43 bits per heavy atom. The third-order valence-corrected chi connectivity index (χ3v) is 2.98. The number of carbonyl (C=O) groups excluding carboxylic acids is 1. The first-order chi connectivity index (χ1) is 10.1. The fourth-order valence-electron chi connectivity index (χ4n) is 1.90. The van der Waals surface area contributed by atoms with Crippen molar-refractivity contribution in [3.63, 3.8) is 0 Å². The van der Waals surface area contributed by atoms with Gasteiger partial charge in [0.15, 0.2) is 0 Å². The van der Waals surface area contributed by atoms with Gasteiger partial charge >= 0.3 is 0 Å². The van der Waals surface area contributed by atoms with Crippen molar-refractivity contribution in [2.24, 2.45) is 5.73 Å². The van der Waals surface area contributed by atoms with E-state index < -0.39 is 0 Å². The van der Waals surface area contributed by atoms with Gasteiger partial charge in [0.2, 0.25) is 0 Å². The van der Waals surface area contributed by atoms with Crippen LogP contribution in [0, 0.1) is 5.82 Å². The second-order valence-corrected chi connectivity index (χ2v) is 4.55. The van der Waals surface area contributed by atoms with Crippen LogP contribution in [0.3, 0.4) is 0 Å². The van der Waals surface area contributed by atoms with Crippen LogP contribution in [-0.2, 0) is 24.4 Å². The van der Waals surface area contributed by atoms with Crippen molar-refractivity contribution in [1.82, 2.24) is 5.32 Å². The average Bonchev–Trinajstić information content (AvgIpc) is 2.97. The molecule has 112 valence electrons. The smallest absolute Gasteiger partial charge is 0.254 e. The first kappa shape index (κ1) is 15.2. The predicted octanol–water partition coefficient (Wildman–Crippen LogP) is 1.95. The summed E-state index contributed by atoms with van der Waals surface area (Å²) in [5, 5.41) is 2.74. The zero-order valence-corrected chi connectivity index (χ0v) is 11.7. The van der Waals surface area contributed by atoms with E-state index in [-0.39, 0.29) is 24.9 Å². The van der Waals surface area contributed by atoms with Gasteiger partial charge in [-0.15, -0.1) is 0 Å². The van der Waals surface area contributed by atoms with Gasteiger partial charge in [0.25, 0.3) is 5.91 Å². The minimum atomic E-state index is -0.325. The van der Waals surface area contributed by atoms with E-state index in [1.165, 1.54) is 19.4 Å². The molecule has 2 aromatic rings. The Balaban J connectivity index is 1.99. The van der Waals surface area contributed by atoms with Crippen molar-refractivity contribution in [3.8, 4) is 0 Å². The van der Waals surface area contributed by atoms with Crippen LogP contribution in [0.1, 0.15) is 27.2 Å². The normalized spacial score (nSPS) is 10.6. The van der Waals surface area contributed by atoms with Crippen molar-refractivity contribution in [2.45, 2.75) is 19.7 Å². The summed E-state index contributed by atoms with van der Waals surface area (Å²) < 4.78 is 23.5. The highest BCUT2D eigenvalue weighted by Crippen LogP contribution is 2.12. The van der Waals surface area contributed by atoms with Gasteiger partial charge in [-0.25, -0.2) is 4.39 Å². The van der Waals surface area contributed by atoms with Crippen molar-refractivity contribution in [2.75, 3.05) is 7.11 Å². The second-order valence-electron chi connectivity index (χ2n) is 4.55. The molecule has 1 aromatic carbocycles. The molecule has 1 amide bonds. The van der Waals surface area contributed by atoms with E-state index >= 15 is 0 Å². The number of hydrogen-bond donors (Lipinski definition) is 2. The van der Waals surface area contributed by atoms with Gasteiger partial charge in [0.05, 0.1) is 18.7 Å². The van der Waals surface area contributed by atoms with E-state index in [1.54, 1.807) is 18.2 Å². The predicted molar refractivity (Wildman–Crippen MR) is 74.9 cm³/mol. The number of nitrogens with two attached hydrogens (primary N) is 1. The quantitative estimate of drug-likeness (QED) is 0.853. The number of furan rings is 1. The summed E-state index contributed by atoms with van der Waals surface area (Å²) >= 11 is 0. The summed E-state index contributed by atoms with van der Waals surface area (Å²) in [6.45, 7) is 0.722. The minimum Gasteiger partial charge on any atom is -0.467 e. The standard InChI is InChI=1S/C15H17FN2O3/c1-20-8-11-4-10(2-3-14(11)16)7-18-15(19)12-5-13(6-17)21-9-12/h2-5,9H,6-8,17H2,1H3,(H,18,19). The monoisotopic (exact) mass is 292 g/mol. The zero-order chi connectivity index (χ0) is 15.2. The maximum absolute atomic E-state index is 13.5. The molecular formula is C15H17FN2O3. The minimum absolute atomic E-state index is 0.190. The second kappa shape index (κ2) is 7.01. The summed E-state index contributed by atoms with van der Waals surface area (Å²) in [4.78, 5) is 11.9. The number of carbonyl (C=O) groups is 1. The molecule has 0 saturated heterocycles. The van der Waals surface area contributed by atoms with Crippen molar-refractivity contribution >= 4 is 5.91 Å². The number of amides is 1. The van der Waals surface area contributed by atoms with E-state index in [0.29, 0.717) is 23.4 Å². The fourth-order valence-corrected chi connectivity index (χ4v) is 1.90. The zero-order valence-electron chi connectivity index (χ0n) is 11.7. The lowest BCUT2D eigenvalue weighted by Crippen LogP contribution is -2.22. The molecule has 1 aromatic heterocycles. The number of halogens is 1. The van der Waals surface area contributed by atoms with Gasteiger partial charge in [-0.05, 0) is 23.8 Å². The molecule has 0 spiro atoms. The van der Waals surface area contributed by atoms with Crippen LogP contribution in [0.15, 0.2) is 34.9 Å². The first-order valence-electron chi connectivity index (χ1n) is 6.46. The Labute approximate surface area is 121 Å². The third-order valence-electron chi connectivity index (χ3n) is 2.98. The van der Waals surface area contributed by atoms with Crippen LogP contribution in [-0.4, -0.2) is 13.0 Å². The molecule has 0 saturated carbocycles. The molecule has 0 radical (unpaired) electrons. The van der Waals surface area contributed by atoms with Crippen molar-refractivity contribution in [1.29, 1.82) is 0 Å². The van der Waals surface area contributed by atoms with Crippen LogP contribution in [0.25, 0.3) is 0 Å². The molecule has 0 unspecified atom stereocenters. The summed E-state index contributed by atoms with van der Waals surface area (Å²) in [5.74, 6) is -0.0465. The maximum atomic E-state index is 13.5. The van der Waals surface area contributed by atoms with E-state index in [4.69, 9.17) is 14.9 Å². The Morgan fingerprint density at radius 3 is 2.90 bits per heavy atom. The number of nitrogens with one attached hydrogen (secondary N) is 1. The molecule has 21 heavy (non-hydrogen) atoms. The molecule has 0 aliphatic carbocycles. The van der Waals surface area contributed by atoms with Crippen LogP contribution >= 0.6 is 0 Å². The molecule has 3 N–H and O–H groups in total. The Morgan fingerprint density at radius 2 is 2.24 bits per heavy atom. The van der Waals surface area contributed by atoms with Crippen LogP contribution in [0.5, 0.6) is 0 Å². The number of benzene rings is 1. The molecule has 6 heteroatoms. The van der Waals surface area contributed by atoms with Gasteiger partial charge in [0.1, 0.15) is 17.8 Å². The van der Waals surface area contributed by atoms with Gasteiger partial charge in [-0.3, -0.25) is 4.79 Å². The Hall–Kier alpha value is -2.18. The number of methoxy groups -OCH3 is 1. The first-order valence-corrected chi connectivity index (χ1v) is 6.46. The fraction of sp³-hybridized carbons (Fsp3) is 0.267. The molecule has 0 aliphatic heterocycles. The van der Waals surface area contributed by atoms with E-state index in [0.717, 1.165) is 5.56 Å². The highest BCUT2D eigenvalue weighted by Gasteiger charge is 2.10. The lowest BCUT2D eigenvalue weighted by molar-refractivity contribution is 0.0950. The van der Waals surface area contributed by atoms with Crippen LogP contribution in [0.2, 0.25) is 0 Å². The molecule has 0 fully saturated rings. The molecule has 1 heterocycles. The summed E-state index contributed by atoms with van der Waals surface area (Å²) in [6, 6.07) is 6.24. The van der Waals surface area contributed by atoms with Gasteiger partial charge < -0.3 is 20.2 Å². The van der Waals surface area contributed by atoms with Crippen LogP contribution < -0.4 is 11.1 Å². The highest BCUT2D eigenvalue weighted by molar-refractivity contribution is 5.93. The molecule has 5 nitrogen and oxygen atoms in total. The lowest BCUT2D eigenvalue weighted by Gasteiger charge is -2.07. The molecule has 0 bridgehead atoms. The Kier molecular flexibility index (Phi) is 5.08. The van der Waals surface area contributed by atoms with E-state index in [2.05, 4.69) is 5.32 Å². The lowest BCUT2D eigenvalue weighted by atomic mass is 10.1. The van der Waals surface area contributed by atoms with Crippen molar-refractivity contribution < 1.29 is 18.3 Å².